The van der Waals surface area contributed by atoms with Crippen molar-refractivity contribution in [2.75, 3.05) is 11.8 Å². The largest absolute Gasteiger partial charge is 0.465 e. The van der Waals surface area contributed by atoms with Gasteiger partial charge in [0.05, 0.1) is 23.3 Å². The van der Waals surface area contributed by atoms with E-state index in [1.807, 2.05) is 32.0 Å². The van der Waals surface area contributed by atoms with Crippen LogP contribution in [0.3, 0.4) is 0 Å². The van der Waals surface area contributed by atoms with Crippen LogP contribution < -0.4 is 4.72 Å². The number of methoxy groups -OCH3 is 1. The second-order valence-corrected chi connectivity index (χ2v) is 7.41. The van der Waals surface area contributed by atoms with Gasteiger partial charge < -0.3 is 4.74 Å². The van der Waals surface area contributed by atoms with Gasteiger partial charge in [0, 0.05) is 0 Å². The molecule has 25 heavy (non-hydrogen) atoms. The zero-order valence-corrected chi connectivity index (χ0v) is 15.7. The Kier molecular flexibility index (Phi) is 5.85. The molecule has 1 N–H and O–H groups in total. The lowest BCUT2D eigenvalue weighted by Crippen LogP contribution is -2.17. The van der Waals surface area contributed by atoms with Crippen molar-refractivity contribution >= 4 is 21.7 Å². The summed E-state index contributed by atoms with van der Waals surface area (Å²) in [5.74, 6) is -0.558. The number of carbonyl (C=O) groups excluding carboxylic acids is 1. The standard InChI is InChI=1S/C19H23NO4S/c1-5-14-8-7-9-15(6-2)18(14)20-25(22,23)16-11-10-13(3)17(12-16)19(21)24-4/h7-12,20H,5-6H2,1-4H3. The van der Waals surface area contributed by atoms with E-state index in [0.717, 1.165) is 11.1 Å². The summed E-state index contributed by atoms with van der Waals surface area (Å²) < 4.78 is 33.1. The highest BCUT2D eigenvalue weighted by Crippen LogP contribution is 2.26. The first-order valence-electron chi connectivity index (χ1n) is 8.16. The maximum absolute atomic E-state index is 12.8. The Morgan fingerprint density at radius 3 is 2.20 bits per heavy atom. The van der Waals surface area contributed by atoms with Crippen LogP contribution in [-0.2, 0) is 27.6 Å². The van der Waals surface area contributed by atoms with Gasteiger partial charge in [0.25, 0.3) is 10.0 Å². The summed E-state index contributed by atoms with van der Waals surface area (Å²) in [4.78, 5) is 11.9. The third-order valence-corrected chi connectivity index (χ3v) is 5.51. The lowest BCUT2D eigenvalue weighted by Gasteiger charge is -2.16. The molecule has 2 aromatic carbocycles. The first kappa shape index (κ1) is 19.0. The van der Waals surface area contributed by atoms with E-state index >= 15 is 0 Å². The van der Waals surface area contributed by atoms with Gasteiger partial charge in [0.15, 0.2) is 0 Å². The topological polar surface area (TPSA) is 72.5 Å². The Hall–Kier alpha value is -2.34. The monoisotopic (exact) mass is 361 g/mol. The molecular weight excluding hydrogens is 338 g/mol. The van der Waals surface area contributed by atoms with Crippen LogP contribution in [0.4, 0.5) is 5.69 Å². The maximum atomic E-state index is 12.8. The average Bonchev–Trinajstić information content (AvgIpc) is 2.61. The van der Waals surface area contributed by atoms with Gasteiger partial charge in [-0.25, -0.2) is 13.2 Å². The summed E-state index contributed by atoms with van der Waals surface area (Å²) in [5, 5.41) is 0. The predicted molar refractivity (Wildman–Crippen MR) is 98.5 cm³/mol. The molecule has 0 aliphatic heterocycles. The zero-order valence-electron chi connectivity index (χ0n) is 14.9. The quantitative estimate of drug-likeness (QED) is 0.796. The maximum Gasteiger partial charge on any atom is 0.338 e. The number of benzene rings is 2. The Labute approximate surface area is 149 Å². The molecule has 2 aromatic rings. The van der Waals surface area contributed by atoms with Gasteiger partial charge in [-0.2, -0.15) is 0 Å². The minimum absolute atomic E-state index is 0.0338. The molecule has 0 atom stereocenters. The van der Waals surface area contributed by atoms with Gasteiger partial charge in [-0.3, -0.25) is 4.72 Å². The van der Waals surface area contributed by atoms with Crippen molar-refractivity contribution in [1.29, 1.82) is 0 Å². The summed E-state index contributed by atoms with van der Waals surface area (Å²) in [6.45, 7) is 5.69. The van der Waals surface area contributed by atoms with E-state index in [-0.39, 0.29) is 10.5 Å². The number of rotatable bonds is 6. The van der Waals surface area contributed by atoms with Crippen molar-refractivity contribution in [2.45, 2.75) is 38.5 Å². The fourth-order valence-electron chi connectivity index (χ4n) is 2.67. The molecule has 0 fully saturated rings. The summed E-state index contributed by atoms with van der Waals surface area (Å²) in [6, 6.07) is 10.2. The molecule has 0 aliphatic carbocycles. The molecule has 0 bridgehead atoms. The minimum Gasteiger partial charge on any atom is -0.465 e. The fourth-order valence-corrected chi connectivity index (χ4v) is 3.83. The summed E-state index contributed by atoms with van der Waals surface area (Å²) >= 11 is 0. The summed E-state index contributed by atoms with van der Waals surface area (Å²) in [7, 11) is -2.55. The highest BCUT2D eigenvalue weighted by molar-refractivity contribution is 7.92. The van der Waals surface area contributed by atoms with Crippen LogP contribution in [0.2, 0.25) is 0 Å². The van der Waals surface area contributed by atoms with Gasteiger partial charge in [-0.05, 0) is 48.6 Å². The number of carbonyl (C=O) groups is 1. The fraction of sp³-hybridized carbons (Fsp3) is 0.316. The molecule has 0 aliphatic rings. The molecule has 0 radical (unpaired) electrons. The van der Waals surface area contributed by atoms with Gasteiger partial charge in [0.1, 0.15) is 0 Å². The van der Waals surface area contributed by atoms with E-state index in [9.17, 15) is 13.2 Å². The van der Waals surface area contributed by atoms with Gasteiger partial charge in [0.2, 0.25) is 0 Å². The highest BCUT2D eigenvalue weighted by atomic mass is 32.2. The molecule has 134 valence electrons. The van der Waals surface area contributed by atoms with Crippen LogP contribution >= 0.6 is 0 Å². The molecular formula is C19H23NO4S. The minimum atomic E-state index is -3.82. The van der Waals surface area contributed by atoms with Crippen molar-refractivity contribution in [3.8, 4) is 0 Å². The molecule has 2 rings (SSSR count). The number of hydrogen-bond acceptors (Lipinski definition) is 4. The van der Waals surface area contributed by atoms with Gasteiger partial charge in [-0.1, -0.05) is 38.1 Å². The van der Waals surface area contributed by atoms with Crippen LogP contribution in [-0.4, -0.2) is 21.5 Å². The van der Waals surface area contributed by atoms with Crippen LogP contribution in [0.15, 0.2) is 41.3 Å². The molecule has 0 aromatic heterocycles. The molecule has 0 saturated heterocycles. The number of ether oxygens (including phenoxy) is 1. The molecule has 0 spiro atoms. The summed E-state index contributed by atoms with van der Waals surface area (Å²) in [5.41, 5.74) is 3.39. The number of nitrogens with one attached hydrogen (secondary N) is 1. The van der Waals surface area contributed by atoms with Crippen LogP contribution in [0.1, 0.15) is 40.9 Å². The molecule has 6 heteroatoms. The smallest absolute Gasteiger partial charge is 0.338 e. The number of aryl methyl sites for hydroxylation is 3. The van der Waals surface area contributed by atoms with E-state index in [1.54, 1.807) is 13.0 Å². The summed E-state index contributed by atoms with van der Waals surface area (Å²) in [6.07, 6.45) is 1.43. The lowest BCUT2D eigenvalue weighted by molar-refractivity contribution is 0.0599. The lowest BCUT2D eigenvalue weighted by atomic mass is 10.0. The van der Waals surface area contributed by atoms with Crippen molar-refractivity contribution in [1.82, 2.24) is 0 Å². The number of hydrogen-bond donors (Lipinski definition) is 1. The Morgan fingerprint density at radius 2 is 1.68 bits per heavy atom. The Balaban J connectivity index is 2.49. The number of para-hydroxylation sites is 1. The Morgan fingerprint density at radius 1 is 1.08 bits per heavy atom. The third-order valence-electron chi connectivity index (χ3n) is 4.16. The molecule has 5 nitrogen and oxygen atoms in total. The molecule has 0 amide bonds. The van der Waals surface area contributed by atoms with E-state index in [1.165, 1.54) is 19.2 Å². The molecule has 0 heterocycles. The first-order chi connectivity index (χ1) is 11.8. The van der Waals surface area contributed by atoms with E-state index in [2.05, 4.69) is 4.72 Å². The van der Waals surface area contributed by atoms with Gasteiger partial charge in [-0.15, -0.1) is 0 Å². The predicted octanol–water partition coefficient (Wildman–Crippen LogP) is 3.71. The average molecular weight is 361 g/mol. The number of anilines is 1. The van der Waals surface area contributed by atoms with Gasteiger partial charge >= 0.3 is 5.97 Å². The highest BCUT2D eigenvalue weighted by Gasteiger charge is 2.20. The second kappa shape index (κ2) is 7.70. The normalized spacial score (nSPS) is 11.2. The molecule has 0 unspecified atom stereocenters. The molecule has 0 saturated carbocycles. The van der Waals surface area contributed by atoms with Crippen molar-refractivity contribution < 1.29 is 17.9 Å². The van der Waals surface area contributed by atoms with Crippen molar-refractivity contribution in [3.05, 3.63) is 58.7 Å². The van der Waals surface area contributed by atoms with Crippen molar-refractivity contribution in [2.24, 2.45) is 0 Å². The van der Waals surface area contributed by atoms with E-state index < -0.39 is 16.0 Å². The van der Waals surface area contributed by atoms with Crippen LogP contribution in [0, 0.1) is 6.92 Å². The number of esters is 1. The Bertz CT molecular complexity index is 866. The second-order valence-electron chi connectivity index (χ2n) is 5.73. The first-order valence-corrected chi connectivity index (χ1v) is 9.64. The zero-order chi connectivity index (χ0) is 18.6. The van der Waals surface area contributed by atoms with E-state index in [0.29, 0.717) is 24.1 Å². The van der Waals surface area contributed by atoms with Crippen LogP contribution in [0.5, 0.6) is 0 Å². The van der Waals surface area contributed by atoms with Crippen LogP contribution in [0.25, 0.3) is 0 Å². The third kappa shape index (κ3) is 4.02. The number of sulfonamides is 1. The SMILES string of the molecule is CCc1cccc(CC)c1NS(=O)(=O)c1ccc(C)c(C(=O)OC)c1. The van der Waals surface area contributed by atoms with E-state index in [4.69, 9.17) is 4.74 Å². The van der Waals surface area contributed by atoms with Crippen molar-refractivity contribution in [3.63, 3.8) is 0 Å².